The summed E-state index contributed by atoms with van der Waals surface area (Å²) in [6, 6.07) is 0. The molecule has 3 aliphatic rings. The molecule has 0 heterocycles. The Bertz CT molecular complexity index is 221. The number of rotatable bonds is 0. The molecular formula is C12H20O. The summed E-state index contributed by atoms with van der Waals surface area (Å²) in [7, 11) is 0. The zero-order valence-electron chi connectivity index (χ0n) is 8.50. The normalized spacial score (nSPS) is 59.5. The first-order chi connectivity index (χ1) is 6.25. The Hall–Kier alpha value is -0.0400. The molecule has 1 N–H and O–H groups in total. The van der Waals surface area contributed by atoms with Gasteiger partial charge in [-0.1, -0.05) is 19.8 Å². The van der Waals surface area contributed by atoms with E-state index in [0.29, 0.717) is 11.3 Å². The van der Waals surface area contributed by atoms with Crippen molar-refractivity contribution < 1.29 is 5.11 Å². The first-order valence-electron chi connectivity index (χ1n) is 5.93. The smallest absolute Gasteiger partial charge is 0.0629 e. The van der Waals surface area contributed by atoms with Gasteiger partial charge in [0.15, 0.2) is 0 Å². The van der Waals surface area contributed by atoms with Crippen molar-refractivity contribution in [1.82, 2.24) is 0 Å². The molecule has 2 bridgehead atoms. The van der Waals surface area contributed by atoms with E-state index in [1.165, 1.54) is 38.5 Å². The lowest BCUT2D eigenvalue weighted by molar-refractivity contribution is -0.0423. The zero-order chi connectivity index (χ0) is 9.05. The molecule has 1 nitrogen and oxygen atoms in total. The summed E-state index contributed by atoms with van der Waals surface area (Å²) >= 11 is 0. The third-order valence-corrected chi connectivity index (χ3v) is 5.39. The van der Waals surface area contributed by atoms with Gasteiger partial charge in [-0.25, -0.2) is 0 Å². The van der Waals surface area contributed by atoms with E-state index in [-0.39, 0.29) is 6.10 Å². The van der Waals surface area contributed by atoms with Crippen molar-refractivity contribution in [3.05, 3.63) is 0 Å². The maximum absolute atomic E-state index is 10.3. The number of hydrogen-bond donors (Lipinski definition) is 1. The van der Waals surface area contributed by atoms with Gasteiger partial charge >= 0.3 is 0 Å². The van der Waals surface area contributed by atoms with Gasteiger partial charge in [-0.15, -0.1) is 0 Å². The van der Waals surface area contributed by atoms with E-state index in [1.807, 2.05) is 0 Å². The van der Waals surface area contributed by atoms with Crippen LogP contribution in [0.1, 0.15) is 45.4 Å². The van der Waals surface area contributed by atoms with Crippen LogP contribution in [-0.4, -0.2) is 11.2 Å². The van der Waals surface area contributed by atoms with Gasteiger partial charge in [0.05, 0.1) is 6.10 Å². The van der Waals surface area contributed by atoms with Crippen molar-refractivity contribution in [2.75, 3.05) is 0 Å². The standard InChI is InChI=1S/C12H20O/c1-8-3-2-6-12(8)10-5-4-9(7-10)11(12)13/h8-11,13H,2-7H2,1H3. The van der Waals surface area contributed by atoms with E-state index in [1.54, 1.807) is 0 Å². The fourth-order valence-electron chi connectivity index (χ4n) is 4.75. The molecule has 0 aromatic rings. The van der Waals surface area contributed by atoms with Crippen LogP contribution in [0, 0.1) is 23.2 Å². The van der Waals surface area contributed by atoms with Crippen molar-refractivity contribution in [2.45, 2.75) is 51.6 Å². The van der Waals surface area contributed by atoms with Crippen molar-refractivity contribution >= 4 is 0 Å². The third kappa shape index (κ3) is 0.823. The maximum Gasteiger partial charge on any atom is 0.0629 e. The Labute approximate surface area is 80.5 Å². The highest BCUT2D eigenvalue weighted by Crippen LogP contribution is 2.64. The summed E-state index contributed by atoms with van der Waals surface area (Å²) in [5.41, 5.74) is 0.378. The Balaban J connectivity index is 1.97. The lowest BCUT2D eigenvalue weighted by atomic mass is 9.65. The summed E-state index contributed by atoms with van der Waals surface area (Å²) in [5.74, 6) is 2.34. The van der Waals surface area contributed by atoms with Crippen LogP contribution in [0.25, 0.3) is 0 Å². The SMILES string of the molecule is CC1CCCC12C1CCC(C1)C2O. The Morgan fingerprint density at radius 2 is 2.08 bits per heavy atom. The van der Waals surface area contributed by atoms with Crippen LogP contribution in [0.4, 0.5) is 0 Å². The van der Waals surface area contributed by atoms with Crippen LogP contribution in [-0.2, 0) is 0 Å². The lowest BCUT2D eigenvalue weighted by Gasteiger charge is -2.42. The van der Waals surface area contributed by atoms with Crippen molar-refractivity contribution in [3.63, 3.8) is 0 Å². The zero-order valence-corrected chi connectivity index (χ0v) is 8.50. The minimum atomic E-state index is 0.0590. The predicted octanol–water partition coefficient (Wildman–Crippen LogP) is 2.58. The van der Waals surface area contributed by atoms with Crippen LogP contribution < -0.4 is 0 Å². The minimum absolute atomic E-state index is 0.0590. The summed E-state index contributed by atoms with van der Waals surface area (Å²) in [5, 5.41) is 10.3. The average Bonchev–Trinajstić information content (AvgIpc) is 2.74. The van der Waals surface area contributed by atoms with E-state index < -0.39 is 0 Å². The second-order valence-electron chi connectivity index (χ2n) is 5.62. The summed E-state index contributed by atoms with van der Waals surface area (Å²) in [6.45, 7) is 2.37. The molecule has 0 aromatic carbocycles. The molecule has 0 aliphatic heterocycles. The topological polar surface area (TPSA) is 20.2 Å². The molecule has 13 heavy (non-hydrogen) atoms. The van der Waals surface area contributed by atoms with Gasteiger partial charge in [-0.05, 0) is 43.4 Å². The van der Waals surface area contributed by atoms with Crippen molar-refractivity contribution in [3.8, 4) is 0 Å². The molecule has 3 rings (SSSR count). The second kappa shape index (κ2) is 2.50. The predicted molar refractivity (Wildman–Crippen MR) is 52.3 cm³/mol. The fourth-order valence-corrected chi connectivity index (χ4v) is 4.75. The maximum atomic E-state index is 10.3. The van der Waals surface area contributed by atoms with Crippen molar-refractivity contribution in [1.29, 1.82) is 0 Å². The third-order valence-electron chi connectivity index (χ3n) is 5.39. The molecule has 3 saturated carbocycles. The molecule has 0 radical (unpaired) electrons. The molecule has 3 fully saturated rings. The molecule has 0 aromatic heterocycles. The monoisotopic (exact) mass is 180 g/mol. The first kappa shape index (κ1) is 8.28. The van der Waals surface area contributed by atoms with Gasteiger partial charge in [0.2, 0.25) is 0 Å². The molecule has 1 heteroatoms. The lowest BCUT2D eigenvalue weighted by Crippen LogP contribution is -2.42. The van der Waals surface area contributed by atoms with E-state index in [0.717, 1.165) is 11.8 Å². The van der Waals surface area contributed by atoms with E-state index >= 15 is 0 Å². The molecule has 0 saturated heterocycles. The molecule has 3 aliphatic carbocycles. The van der Waals surface area contributed by atoms with Crippen LogP contribution in [0.5, 0.6) is 0 Å². The highest BCUT2D eigenvalue weighted by atomic mass is 16.3. The quantitative estimate of drug-likeness (QED) is 0.607. The van der Waals surface area contributed by atoms with Crippen LogP contribution in [0.15, 0.2) is 0 Å². The van der Waals surface area contributed by atoms with Crippen LogP contribution in [0.2, 0.25) is 0 Å². The van der Waals surface area contributed by atoms with Gasteiger partial charge in [-0.2, -0.15) is 0 Å². The Morgan fingerprint density at radius 1 is 1.23 bits per heavy atom. The Morgan fingerprint density at radius 3 is 2.62 bits per heavy atom. The first-order valence-corrected chi connectivity index (χ1v) is 5.93. The van der Waals surface area contributed by atoms with Gasteiger partial charge in [0, 0.05) is 5.41 Å². The molecule has 74 valence electrons. The molecule has 5 unspecified atom stereocenters. The molecular weight excluding hydrogens is 160 g/mol. The number of aliphatic hydroxyl groups is 1. The molecule has 0 amide bonds. The summed E-state index contributed by atoms with van der Waals surface area (Å²) in [4.78, 5) is 0. The van der Waals surface area contributed by atoms with Gasteiger partial charge in [0.25, 0.3) is 0 Å². The van der Waals surface area contributed by atoms with Gasteiger partial charge in [-0.3, -0.25) is 0 Å². The highest BCUT2D eigenvalue weighted by Gasteiger charge is 2.60. The van der Waals surface area contributed by atoms with Crippen molar-refractivity contribution in [2.24, 2.45) is 23.2 Å². The summed E-state index contributed by atoms with van der Waals surface area (Å²) < 4.78 is 0. The minimum Gasteiger partial charge on any atom is -0.392 e. The second-order valence-corrected chi connectivity index (χ2v) is 5.62. The van der Waals surface area contributed by atoms with Gasteiger partial charge < -0.3 is 5.11 Å². The molecule has 5 atom stereocenters. The average molecular weight is 180 g/mol. The van der Waals surface area contributed by atoms with Crippen LogP contribution >= 0.6 is 0 Å². The number of hydrogen-bond acceptors (Lipinski definition) is 1. The number of fused-ring (bicyclic) bond motifs is 3. The van der Waals surface area contributed by atoms with E-state index in [9.17, 15) is 5.11 Å². The van der Waals surface area contributed by atoms with Crippen LogP contribution in [0.3, 0.4) is 0 Å². The van der Waals surface area contributed by atoms with E-state index in [2.05, 4.69) is 6.92 Å². The van der Waals surface area contributed by atoms with Gasteiger partial charge in [0.1, 0.15) is 0 Å². The van der Waals surface area contributed by atoms with E-state index in [4.69, 9.17) is 0 Å². The number of aliphatic hydroxyl groups excluding tert-OH is 1. The summed E-state index contributed by atoms with van der Waals surface area (Å²) in [6.07, 6.45) is 8.15. The largest absolute Gasteiger partial charge is 0.392 e. The Kier molecular flexibility index (Phi) is 1.59. The fraction of sp³-hybridized carbons (Fsp3) is 1.00. The molecule has 1 spiro atoms. The highest BCUT2D eigenvalue weighted by molar-refractivity contribution is 5.10.